The van der Waals surface area contributed by atoms with Crippen molar-refractivity contribution in [3.8, 4) is 0 Å². The van der Waals surface area contributed by atoms with Gasteiger partial charge in [0.05, 0.1) is 0 Å². The van der Waals surface area contributed by atoms with Gasteiger partial charge in [-0.15, -0.1) is 0 Å². The van der Waals surface area contributed by atoms with Crippen molar-refractivity contribution >= 4 is 23.4 Å². The predicted octanol–water partition coefficient (Wildman–Crippen LogP) is 4.78. The second-order valence-corrected chi connectivity index (χ2v) is 10.9. The normalized spacial score (nSPS) is 36.1. The average Bonchev–Trinajstić information content (AvgIpc) is 3.34. The zero-order valence-corrected chi connectivity index (χ0v) is 17.5. The van der Waals surface area contributed by atoms with Crippen molar-refractivity contribution in [2.24, 2.45) is 23.2 Å². The van der Waals surface area contributed by atoms with E-state index in [0.29, 0.717) is 17.3 Å². The Bertz CT molecular complexity index is 907. The summed E-state index contributed by atoms with van der Waals surface area (Å²) in [4.78, 5) is 16.4. The molecule has 29 heavy (non-hydrogen) atoms. The summed E-state index contributed by atoms with van der Waals surface area (Å²) in [5.41, 5.74) is 3.55. The minimum absolute atomic E-state index is 0.0896. The molecule has 0 radical (unpaired) electrons. The van der Waals surface area contributed by atoms with Gasteiger partial charge in [-0.1, -0.05) is 23.9 Å². The van der Waals surface area contributed by atoms with Crippen LogP contribution < -0.4 is 5.32 Å². The van der Waals surface area contributed by atoms with Crippen molar-refractivity contribution < 1.29 is 4.79 Å². The van der Waals surface area contributed by atoms with E-state index >= 15 is 0 Å². The number of rotatable bonds is 7. The van der Waals surface area contributed by atoms with E-state index in [1.165, 1.54) is 44.9 Å². The van der Waals surface area contributed by atoms with Crippen molar-refractivity contribution in [1.82, 2.24) is 15.2 Å². The number of hydrogen-bond donors (Lipinski definition) is 2. The molecule has 2 aromatic rings. The highest BCUT2D eigenvalue weighted by Gasteiger charge is 2.74. The minimum Gasteiger partial charge on any atom is -0.326 e. The summed E-state index contributed by atoms with van der Waals surface area (Å²) in [6.07, 6.45) is 11.6. The maximum atomic E-state index is 12.3. The van der Waals surface area contributed by atoms with E-state index in [9.17, 15) is 4.79 Å². The summed E-state index contributed by atoms with van der Waals surface area (Å²) in [7, 11) is 0. The van der Waals surface area contributed by atoms with Crippen LogP contribution in [0.1, 0.15) is 56.9 Å². The molecule has 3 bridgehead atoms. The van der Waals surface area contributed by atoms with E-state index < -0.39 is 0 Å². The monoisotopic (exact) mass is 408 g/mol. The van der Waals surface area contributed by atoms with E-state index in [4.69, 9.17) is 0 Å². The number of aromatic nitrogens is 3. The van der Waals surface area contributed by atoms with Gasteiger partial charge in [0.25, 0.3) is 0 Å². The molecule has 1 spiro atoms. The molecule has 5 nitrogen and oxygen atoms in total. The van der Waals surface area contributed by atoms with Gasteiger partial charge >= 0.3 is 0 Å². The Morgan fingerprint density at radius 3 is 2.83 bits per heavy atom. The fourth-order valence-corrected chi connectivity index (χ4v) is 8.39. The first kappa shape index (κ1) is 18.0. The predicted molar refractivity (Wildman–Crippen MR) is 114 cm³/mol. The quantitative estimate of drug-likeness (QED) is 0.511. The van der Waals surface area contributed by atoms with Crippen LogP contribution in [0.25, 0.3) is 0 Å². The Kier molecular flexibility index (Phi) is 4.09. The molecular weight excluding hydrogens is 380 g/mol. The van der Waals surface area contributed by atoms with Gasteiger partial charge in [0, 0.05) is 23.3 Å². The molecule has 2 N–H and O–H groups in total. The first-order chi connectivity index (χ1) is 14.2. The van der Waals surface area contributed by atoms with Crippen molar-refractivity contribution in [2.45, 2.75) is 61.9 Å². The number of amides is 1. The third-order valence-corrected chi connectivity index (χ3v) is 9.42. The number of carbonyl (C=O) groups excluding carboxylic acids is 1. The maximum Gasteiger partial charge on any atom is 0.224 e. The van der Waals surface area contributed by atoms with Gasteiger partial charge < -0.3 is 5.32 Å². The molecule has 152 valence electrons. The summed E-state index contributed by atoms with van der Waals surface area (Å²) in [5.74, 6) is 3.93. The number of H-pyrrole nitrogens is 1. The van der Waals surface area contributed by atoms with Crippen LogP contribution in [0.4, 0.5) is 5.69 Å². The molecule has 6 rings (SSSR count). The Morgan fingerprint density at radius 2 is 2.00 bits per heavy atom. The summed E-state index contributed by atoms with van der Waals surface area (Å²) < 4.78 is 0. The molecule has 5 unspecified atom stereocenters. The second kappa shape index (κ2) is 6.59. The van der Waals surface area contributed by atoms with Gasteiger partial charge in [-0.25, -0.2) is 4.98 Å². The first-order valence-electron chi connectivity index (χ1n) is 11.1. The number of nitrogens with zero attached hydrogens (tertiary/aromatic N) is 2. The van der Waals surface area contributed by atoms with Gasteiger partial charge in [0.15, 0.2) is 5.16 Å². The molecule has 4 fully saturated rings. The van der Waals surface area contributed by atoms with Crippen molar-refractivity contribution in [2.75, 3.05) is 11.1 Å². The Morgan fingerprint density at radius 1 is 1.14 bits per heavy atom. The zero-order valence-electron chi connectivity index (χ0n) is 16.7. The van der Waals surface area contributed by atoms with Gasteiger partial charge in [-0.2, -0.15) is 5.10 Å². The molecule has 1 heterocycles. The highest BCUT2D eigenvalue weighted by atomic mass is 32.2. The van der Waals surface area contributed by atoms with Gasteiger partial charge in [0.1, 0.15) is 6.33 Å². The molecule has 0 saturated heterocycles. The third kappa shape index (κ3) is 2.71. The van der Waals surface area contributed by atoms with Crippen LogP contribution in [0.3, 0.4) is 0 Å². The number of fused-ring (bicyclic) bond motifs is 2. The number of aromatic amines is 1. The highest BCUT2D eigenvalue weighted by molar-refractivity contribution is 7.99. The lowest BCUT2D eigenvalue weighted by Crippen LogP contribution is -2.55. The molecule has 1 amide bonds. The number of anilines is 1. The summed E-state index contributed by atoms with van der Waals surface area (Å²) in [5, 5.41) is 10.5. The third-order valence-electron chi connectivity index (χ3n) is 8.46. The van der Waals surface area contributed by atoms with Gasteiger partial charge in [-0.3, -0.25) is 9.89 Å². The largest absolute Gasteiger partial charge is 0.326 e. The van der Waals surface area contributed by atoms with Crippen LogP contribution in [0.5, 0.6) is 0 Å². The lowest BCUT2D eigenvalue weighted by atomic mass is 9.44. The summed E-state index contributed by atoms with van der Waals surface area (Å²) in [6, 6.07) is 8.89. The standard InChI is InChI=1S/C23H28N4OS/c28-20(2-1-7-29-21-24-14-25-27-21)26-19-5-3-17(4-6-19)23-12-16-8-15-9-18(13-23)22(23,10-15)11-16/h3-6,14-16,18H,1-2,7-13H2,(H,26,28)(H,24,25,27). The summed E-state index contributed by atoms with van der Waals surface area (Å²) in [6.45, 7) is 0. The van der Waals surface area contributed by atoms with Crippen molar-refractivity contribution in [3.63, 3.8) is 0 Å². The molecule has 6 heteroatoms. The average molecular weight is 409 g/mol. The Hall–Kier alpha value is -1.82. The van der Waals surface area contributed by atoms with E-state index in [1.807, 2.05) is 0 Å². The molecular formula is C23H28N4OS. The fourth-order valence-electron chi connectivity index (χ4n) is 7.67. The second-order valence-electron chi connectivity index (χ2n) is 9.82. The zero-order chi connectivity index (χ0) is 19.5. The Labute approximate surface area is 175 Å². The molecule has 4 saturated carbocycles. The van der Waals surface area contributed by atoms with Crippen molar-refractivity contribution in [3.05, 3.63) is 36.2 Å². The van der Waals surface area contributed by atoms with Crippen LogP contribution in [0.15, 0.2) is 35.7 Å². The topological polar surface area (TPSA) is 70.7 Å². The van der Waals surface area contributed by atoms with Gasteiger partial charge in [0.2, 0.25) is 5.91 Å². The SMILES string of the molecule is O=C(CCCSc1ncn[nH]1)Nc1ccc(C23CC4CC5CC(C2)C3(C5)C4)cc1. The van der Waals surface area contributed by atoms with Crippen molar-refractivity contribution in [1.29, 1.82) is 0 Å². The minimum atomic E-state index is 0.0896. The smallest absolute Gasteiger partial charge is 0.224 e. The number of thioether (sulfide) groups is 1. The molecule has 5 atom stereocenters. The van der Waals surface area contributed by atoms with Crippen LogP contribution >= 0.6 is 11.8 Å². The molecule has 0 aliphatic heterocycles. The first-order valence-corrected chi connectivity index (χ1v) is 12.0. The Balaban J connectivity index is 1.06. The molecule has 4 aliphatic carbocycles. The fraction of sp³-hybridized carbons (Fsp3) is 0.609. The molecule has 1 aromatic carbocycles. The number of nitrogens with one attached hydrogen (secondary N) is 2. The highest BCUT2D eigenvalue weighted by Crippen LogP contribution is 2.81. The van der Waals surface area contributed by atoms with Crippen LogP contribution in [-0.4, -0.2) is 26.8 Å². The van der Waals surface area contributed by atoms with E-state index in [0.717, 1.165) is 40.8 Å². The number of benzene rings is 1. The van der Waals surface area contributed by atoms with E-state index in [-0.39, 0.29) is 5.91 Å². The summed E-state index contributed by atoms with van der Waals surface area (Å²) >= 11 is 1.60. The lowest BCUT2D eigenvalue weighted by molar-refractivity contribution is -0.116. The van der Waals surface area contributed by atoms with Gasteiger partial charge in [-0.05, 0) is 85.8 Å². The maximum absolute atomic E-state index is 12.3. The van der Waals surface area contributed by atoms with Crippen LogP contribution in [0.2, 0.25) is 0 Å². The molecule has 4 aliphatic rings. The molecule has 1 aromatic heterocycles. The van der Waals surface area contributed by atoms with Crippen LogP contribution in [0, 0.1) is 23.2 Å². The van der Waals surface area contributed by atoms with E-state index in [1.54, 1.807) is 17.3 Å². The number of hydrogen-bond acceptors (Lipinski definition) is 4. The lowest BCUT2D eigenvalue weighted by Gasteiger charge is -2.59. The van der Waals surface area contributed by atoms with E-state index in [2.05, 4.69) is 44.8 Å². The number of carbonyl (C=O) groups is 1. The van der Waals surface area contributed by atoms with Crippen LogP contribution in [-0.2, 0) is 10.2 Å².